The Labute approximate surface area is 121 Å². The summed E-state index contributed by atoms with van der Waals surface area (Å²) in [5.41, 5.74) is -0.111. The maximum absolute atomic E-state index is 13.0. The molecule has 0 bridgehead atoms. The molecule has 108 valence electrons. The van der Waals surface area contributed by atoms with Crippen LogP contribution < -0.4 is 0 Å². The smallest absolute Gasteiger partial charge is 0.384 e. The van der Waals surface area contributed by atoms with Gasteiger partial charge in [-0.2, -0.15) is 13.2 Å². The van der Waals surface area contributed by atoms with Crippen LogP contribution in [-0.4, -0.2) is 15.1 Å². The molecule has 21 heavy (non-hydrogen) atoms. The second kappa shape index (κ2) is 5.09. The first-order valence-corrected chi connectivity index (χ1v) is 6.87. The van der Waals surface area contributed by atoms with E-state index in [1.807, 2.05) is 5.38 Å². The van der Waals surface area contributed by atoms with Crippen LogP contribution in [-0.2, 0) is 6.18 Å². The molecule has 0 amide bonds. The number of alkyl halides is 3. The Morgan fingerprint density at radius 2 is 2.00 bits per heavy atom. The molecule has 0 aliphatic heterocycles. The van der Waals surface area contributed by atoms with E-state index in [0.717, 1.165) is 28.7 Å². The number of pyridine rings is 2. The van der Waals surface area contributed by atoms with Gasteiger partial charge < -0.3 is 5.11 Å². The summed E-state index contributed by atoms with van der Waals surface area (Å²) in [5, 5.41) is 12.1. The number of aromatic nitrogens is 2. The maximum Gasteiger partial charge on any atom is 0.416 e. The second-order valence-corrected chi connectivity index (χ2v) is 5.38. The maximum atomic E-state index is 13.0. The number of aliphatic hydroxyl groups excluding tert-OH is 1. The van der Waals surface area contributed by atoms with Crippen LogP contribution in [0.5, 0.6) is 0 Å². The highest BCUT2D eigenvalue weighted by Gasteiger charge is 2.35. The van der Waals surface area contributed by atoms with Crippen LogP contribution in [0.1, 0.15) is 22.8 Å². The Balaban J connectivity index is 2.07. The molecule has 3 rings (SSSR count). The molecular weight excluding hydrogens is 301 g/mol. The minimum Gasteiger partial charge on any atom is -0.384 e. The van der Waals surface area contributed by atoms with Crippen molar-refractivity contribution in [1.82, 2.24) is 9.97 Å². The van der Waals surface area contributed by atoms with Gasteiger partial charge in [-0.25, -0.2) is 0 Å². The van der Waals surface area contributed by atoms with Crippen LogP contribution in [0.15, 0.2) is 42.2 Å². The molecule has 3 aromatic rings. The Bertz CT molecular complexity index is 785. The lowest BCUT2D eigenvalue weighted by molar-refractivity contribution is -0.139. The van der Waals surface area contributed by atoms with Gasteiger partial charge in [-0.1, -0.05) is 0 Å². The van der Waals surface area contributed by atoms with Crippen LogP contribution >= 0.6 is 11.3 Å². The number of halogens is 3. The van der Waals surface area contributed by atoms with Crippen molar-refractivity contribution in [1.29, 1.82) is 0 Å². The highest BCUT2D eigenvalue weighted by molar-refractivity contribution is 7.17. The van der Waals surface area contributed by atoms with Gasteiger partial charge in [0.1, 0.15) is 6.10 Å². The molecule has 0 saturated heterocycles. The number of thiophene rings is 1. The predicted octanol–water partition coefficient (Wildman–Crippen LogP) is 3.79. The van der Waals surface area contributed by atoms with Gasteiger partial charge in [0.25, 0.3) is 0 Å². The van der Waals surface area contributed by atoms with E-state index >= 15 is 0 Å². The van der Waals surface area contributed by atoms with Crippen LogP contribution in [0, 0.1) is 0 Å². The molecule has 3 heterocycles. The molecule has 0 radical (unpaired) electrons. The third-order valence-electron chi connectivity index (χ3n) is 3.09. The molecule has 3 aromatic heterocycles. The molecule has 1 atom stereocenters. The molecule has 3 nitrogen and oxygen atoms in total. The molecule has 0 aliphatic rings. The molecule has 0 fully saturated rings. The standard InChI is InChI=1S/C14H9F3N2OS/c15-14(16,17)10-1-3-18-7-9(10)13(20)8-5-12-11(19-6-8)2-4-21-12/h1-7,13,20H. The van der Waals surface area contributed by atoms with Crippen molar-refractivity contribution in [2.75, 3.05) is 0 Å². The van der Waals surface area contributed by atoms with E-state index in [-0.39, 0.29) is 5.56 Å². The number of fused-ring (bicyclic) bond motifs is 1. The lowest BCUT2D eigenvalue weighted by atomic mass is 9.99. The van der Waals surface area contributed by atoms with Gasteiger partial charge in [0.15, 0.2) is 0 Å². The number of hydrogen-bond donors (Lipinski definition) is 1. The number of nitrogens with zero attached hydrogens (tertiary/aromatic N) is 2. The predicted molar refractivity (Wildman–Crippen MR) is 72.9 cm³/mol. The first-order chi connectivity index (χ1) is 9.97. The summed E-state index contributed by atoms with van der Waals surface area (Å²) in [5.74, 6) is 0. The zero-order valence-electron chi connectivity index (χ0n) is 10.5. The zero-order chi connectivity index (χ0) is 15.0. The third-order valence-corrected chi connectivity index (χ3v) is 3.94. The third kappa shape index (κ3) is 2.62. The molecule has 0 saturated carbocycles. The molecule has 1 N–H and O–H groups in total. The highest BCUT2D eigenvalue weighted by Crippen LogP contribution is 2.36. The van der Waals surface area contributed by atoms with Crippen LogP contribution in [0.25, 0.3) is 10.2 Å². The van der Waals surface area contributed by atoms with Crippen molar-refractivity contribution < 1.29 is 18.3 Å². The fourth-order valence-corrected chi connectivity index (χ4v) is 2.86. The van der Waals surface area contributed by atoms with Gasteiger partial charge in [0, 0.05) is 29.7 Å². The summed E-state index contributed by atoms with van der Waals surface area (Å²) in [7, 11) is 0. The number of hydrogen-bond acceptors (Lipinski definition) is 4. The van der Waals surface area contributed by atoms with Crippen molar-refractivity contribution in [3.05, 3.63) is 58.9 Å². The SMILES string of the molecule is OC(c1cnc2ccsc2c1)c1cnccc1C(F)(F)F. The monoisotopic (exact) mass is 310 g/mol. The topological polar surface area (TPSA) is 46.0 Å². The summed E-state index contributed by atoms with van der Waals surface area (Å²) in [4.78, 5) is 7.81. The Kier molecular flexibility index (Phi) is 3.38. The van der Waals surface area contributed by atoms with E-state index in [0.29, 0.717) is 5.56 Å². The largest absolute Gasteiger partial charge is 0.416 e. The van der Waals surface area contributed by atoms with Crippen molar-refractivity contribution in [3.63, 3.8) is 0 Å². The van der Waals surface area contributed by atoms with Crippen molar-refractivity contribution in [2.45, 2.75) is 12.3 Å². The minimum atomic E-state index is -4.54. The fourth-order valence-electron chi connectivity index (χ4n) is 2.07. The Morgan fingerprint density at radius 3 is 2.76 bits per heavy atom. The molecule has 0 spiro atoms. The van der Waals surface area contributed by atoms with Crippen molar-refractivity contribution in [3.8, 4) is 0 Å². The second-order valence-electron chi connectivity index (χ2n) is 4.44. The van der Waals surface area contributed by atoms with Gasteiger partial charge in [-0.3, -0.25) is 9.97 Å². The minimum absolute atomic E-state index is 0.275. The van der Waals surface area contributed by atoms with Crippen LogP contribution in [0.4, 0.5) is 13.2 Å². The fraction of sp³-hybridized carbons (Fsp3) is 0.143. The number of aliphatic hydroxyl groups is 1. The summed E-state index contributed by atoms with van der Waals surface area (Å²) in [6.45, 7) is 0. The summed E-state index contributed by atoms with van der Waals surface area (Å²) < 4.78 is 39.7. The first-order valence-electron chi connectivity index (χ1n) is 5.99. The lowest BCUT2D eigenvalue weighted by Gasteiger charge is -2.17. The van der Waals surface area contributed by atoms with Gasteiger partial charge in [-0.05, 0) is 23.6 Å². The first kappa shape index (κ1) is 14.0. The van der Waals surface area contributed by atoms with Gasteiger partial charge >= 0.3 is 6.18 Å². The van der Waals surface area contributed by atoms with Crippen molar-refractivity contribution >= 4 is 21.6 Å². The lowest BCUT2D eigenvalue weighted by Crippen LogP contribution is -2.13. The van der Waals surface area contributed by atoms with E-state index in [9.17, 15) is 18.3 Å². The summed E-state index contributed by atoms with van der Waals surface area (Å²) >= 11 is 1.41. The van der Waals surface area contributed by atoms with Gasteiger partial charge in [0.2, 0.25) is 0 Å². The van der Waals surface area contributed by atoms with E-state index in [4.69, 9.17) is 0 Å². The highest BCUT2D eigenvalue weighted by atomic mass is 32.1. The molecular formula is C14H9F3N2OS. The average Bonchev–Trinajstić information content (AvgIpc) is 2.93. The van der Waals surface area contributed by atoms with E-state index in [2.05, 4.69) is 9.97 Å². The normalized spacial score (nSPS) is 13.5. The summed E-state index contributed by atoms with van der Waals surface area (Å²) in [6.07, 6.45) is -2.49. The molecule has 0 aromatic carbocycles. The van der Waals surface area contributed by atoms with E-state index < -0.39 is 17.8 Å². The zero-order valence-corrected chi connectivity index (χ0v) is 11.3. The average molecular weight is 310 g/mol. The van der Waals surface area contributed by atoms with Gasteiger partial charge in [-0.15, -0.1) is 11.3 Å². The molecule has 0 aliphatic carbocycles. The molecule has 7 heteroatoms. The Morgan fingerprint density at radius 1 is 1.19 bits per heavy atom. The van der Waals surface area contributed by atoms with E-state index in [1.165, 1.54) is 17.5 Å². The van der Waals surface area contributed by atoms with Crippen LogP contribution in [0.2, 0.25) is 0 Å². The number of rotatable bonds is 2. The van der Waals surface area contributed by atoms with Gasteiger partial charge in [0.05, 0.1) is 15.8 Å². The van der Waals surface area contributed by atoms with Crippen LogP contribution in [0.3, 0.4) is 0 Å². The quantitative estimate of drug-likeness (QED) is 0.783. The van der Waals surface area contributed by atoms with Crippen molar-refractivity contribution in [2.24, 2.45) is 0 Å². The summed E-state index contributed by atoms with van der Waals surface area (Å²) in [6, 6.07) is 4.31. The molecule has 1 unspecified atom stereocenters. The Hall–Kier alpha value is -1.99. The van der Waals surface area contributed by atoms with E-state index in [1.54, 1.807) is 12.1 Å².